The van der Waals surface area contributed by atoms with Gasteiger partial charge in [-0.2, -0.15) is 0 Å². The minimum Gasteiger partial charge on any atom is -0.487 e. The van der Waals surface area contributed by atoms with Crippen LogP contribution in [0.5, 0.6) is 11.5 Å². The summed E-state index contributed by atoms with van der Waals surface area (Å²) in [4.78, 5) is 12.1. The molecular formula is C19H21NO3. The van der Waals surface area contributed by atoms with Crippen molar-refractivity contribution in [3.8, 4) is 11.5 Å². The molecule has 2 aromatic carbocycles. The molecule has 0 spiro atoms. The van der Waals surface area contributed by atoms with Crippen molar-refractivity contribution < 1.29 is 14.3 Å². The van der Waals surface area contributed by atoms with Crippen molar-refractivity contribution in [1.29, 1.82) is 0 Å². The van der Waals surface area contributed by atoms with E-state index in [0.29, 0.717) is 23.8 Å². The van der Waals surface area contributed by atoms with Gasteiger partial charge in [0.05, 0.1) is 5.69 Å². The predicted octanol–water partition coefficient (Wildman–Crippen LogP) is 3.89. The minimum atomic E-state index is -0.236. The van der Waals surface area contributed by atoms with Gasteiger partial charge in [-0.15, -0.1) is 0 Å². The van der Waals surface area contributed by atoms with Gasteiger partial charge in [0, 0.05) is 0 Å². The SMILES string of the molecule is C=CCOc1ccccc1NC(=O)COc1ccc(C)cc1C. The molecule has 0 aromatic heterocycles. The summed E-state index contributed by atoms with van der Waals surface area (Å²) in [5.74, 6) is 1.08. The van der Waals surface area contributed by atoms with Crippen molar-refractivity contribution in [2.24, 2.45) is 0 Å². The molecule has 0 aliphatic heterocycles. The highest BCUT2D eigenvalue weighted by Gasteiger charge is 2.09. The maximum absolute atomic E-state index is 12.1. The summed E-state index contributed by atoms with van der Waals surface area (Å²) in [6.45, 7) is 7.91. The van der Waals surface area contributed by atoms with E-state index in [9.17, 15) is 4.79 Å². The molecule has 0 saturated heterocycles. The van der Waals surface area contributed by atoms with Crippen LogP contribution in [0.25, 0.3) is 0 Å². The molecule has 0 unspecified atom stereocenters. The molecule has 0 fully saturated rings. The third-order valence-electron chi connectivity index (χ3n) is 3.21. The average Bonchev–Trinajstić information content (AvgIpc) is 2.53. The van der Waals surface area contributed by atoms with Gasteiger partial charge in [-0.25, -0.2) is 0 Å². The van der Waals surface area contributed by atoms with E-state index in [4.69, 9.17) is 9.47 Å². The summed E-state index contributed by atoms with van der Waals surface area (Å²) in [5, 5.41) is 2.80. The molecule has 0 bridgehead atoms. The van der Waals surface area contributed by atoms with Crippen LogP contribution < -0.4 is 14.8 Å². The monoisotopic (exact) mass is 311 g/mol. The number of anilines is 1. The summed E-state index contributed by atoms with van der Waals surface area (Å²) >= 11 is 0. The van der Waals surface area contributed by atoms with Gasteiger partial charge in [0.15, 0.2) is 6.61 Å². The molecule has 120 valence electrons. The van der Waals surface area contributed by atoms with Gasteiger partial charge in [0.2, 0.25) is 0 Å². The summed E-state index contributed by atoms with van der Waals surface area (Å²) in [6, 6.07) is 13.1. The zero-order valence-corrected chi connectivity index (χ0v) is 13.5. The predicted molar refractivity (Wildman–Crippen MR) is 92.2 cm³/mol. The van der Waals surface area contributed by atoms with Crippen LogP contribution in [0.15, 0.2) is 55.1 Å². The highest BCUT2D eigenvalue weighted by atomic mass is 16.5. The Kier molecular flexibility index (Phi) is 5.80. The molecule has 4 nitrogen and oxygen atoms in total. The van der Waals surface area contributed by atoms with E-state index < -0.39 is 0 Å². The first-order chi connectivity index (χ1) is 11.1. The molecule has 0 atom stereocenters. The van der Waals surface area contributed by atoms with E-state index in [0.717, 1.165) is 11.1 Å². The second-order valence-electron chi connectivity index (χ2n) is 5.20. The number of carbonyl (C=O) groups excluding carboxylic acids is 1. The molecule has 1 amide bonds. The first-order valence-corrected chi connectivity index (χ1v) is 7.43. The van der Waals surface area contributed by atoms with Crippen molar-refractivity contribution in [2.75, 3.05) is 18.5 Å². The van der Waals surface area contributed by atoms with Crippen LogP contribution >= 0.6 is 0 Å². The largest absolute Gasteiger partial charge is 0.487 e. The lowest BCUT2D eigenvalue weighted by Crippen LogP contribution is -2.20. The van der Waals surface area contributed by atoms with Gasteiger partial charge < -0.3 is 14.8 Å². The fraction of sp³-hybridized carbons (Fsp3) is 0.211. The van der Waals surface area contributed by atoms with Crippen LogP contribution in [0.3, 0.4) is 0 Å². The molecule has 0 saturated carbocycles. The summed E-state index contributed by atoms with van der Waals surface area (Å²) in [7, 11) is 0. The van der Waals surface area contributed by atoms with Crippen molar-refractivity contribution >= 4 is 11.6 Å². The number of amides is 1. The minimum absolute atomic E-state index is 0.0559. The van der Waals surface area contributed by atoms with E-state index in [2.05, 4.69) is 11.9 Å². The number of benzene rings is 2. The smallest absolute Gasteiger partial charge is 0.262 e. The maximum atomic E-state index is 12.1. The van der Waals surface area contributed by atoms with Gasteiger partial charge in [-0.3, -0.25) is 4.79 Å². The summed E-state index contributed by atoms with van der Waals surface area (Å²) < 4.78 is 11.1. The highest BCUT2D eigenvalue weighted by molar-refractivity contribution is 5.93. The van der Waals surface area contributed by atoms with Crippen molar-refractivity contribution in [3.05, 3.63) is 66.2 Å². The summed E-state index contributed by atoms with van der Waals surface area (Å²) in [6.07, 6.45) is 1.65. The fourth-order valence-electron chi connectivity index (χ4n) is 2.14. The molecule has 0 aliphatic rings. The normalized spacial score (nSPS) is 10.0. The number of ether oxygens (including phenoxy) is 2. The van der Waals surface area contributed by atoms with E-state index in [1.54, 1.807) is 18.2 Å². The zero-order chi connectivity index (χ0) is 16.7. The number of carbonyl (C=O) groups is 1. The van der Waals surface area contributed by atoms with Gasteiger partial charge in [-0.05, 0) is 37.6 Å². The van der Waals surface area contributed by atoms with Crippen LogP contribution in [0.2, 0.25) is 0 Å². The molecule has 0 heterocycles. The Morgan fingerprint density at radius 2 is 1.91 bits per heavy atom. The molecule has 0 aliphatic carbocycles. The number of nitrogens with one attached hydrogen (secondary N) is 1. The topological polar surface area (TPSA) is 47.6 Å². The second-order valence-corrected chi connectivity index (χ2v) is 5.20. The Balaban J connectivity index is 1.96. The lowest BCUT2D eigenvalue weighted by atomic mass is 10.1. The molecule has 2 rings (SSSR count). The van der Waals surface area contributed by atoms with Gasteiger partial charge in [0.1, 0.15) is 18.1 Å². The Morgan fingerprint density at radius 1 is 1.13 bits per heavy atom. The number of rotatable bonds is 7. The lowest BCUT2D eigenvalue weighted by molar-refractivity contribution is -0.118. The number of para-hydroxylation sites is 2. The third kappa shape index (κ3) is 4.88. The highest BCUT2D eigenvalue weighted by Crippen LogP contribution is 2.24. The van der Waals surface area contributed by atoms with Crippen molar-refractivity contribution in [2.45, 2.75) is 13.8 Å². The Morgan fingerprint density at radius 3 is 2.65 bits per heavy atom. The Labute approximate surface area is 136 Å². The van der Waals surface area contributed by atoms with Crippen LogP contribution in [-0.4, -0.2) is 19.1 Å². The van der Waals surface area contributed by atoms with Crippen LogP contribution in [0, 0.1) is 13.8 Å². The molecular weight excluding hydrogens is 290 g/mol. The van der Waals surface area contributed by atoms with E-state index in [-0.39, 0.29) is 12.5 Å². The number of hydrogen-bond donors (Lipinski definition) is 1. The zero-order valence-electron chi connectivity index (χ0n) is 13.5. The van der Waals surface area contributed by atoms with Crippen molar-refractivity contribution in [3.63, 3.8) is 0 Å². The first kappa shape index (κ1) is 16.6. The van der Waals surface area contributed by atoms with Gasteiger partial charge >= 0.3 is 0 Å². The number of aryl methyl sites for hydroxylation is 2. The summed E-state index contributed by atoms with van der Waals surface area (Å²) in [5.41, 5.74) is 2.78. The molecule has 0 radical (unpaired) electrons. The van der Waals surface area contributed by atoms with Gasteiger partial charge in [-0.1, -0.05) is 42.5 Å². The molecule has 1 N–H and O–H groups in total. The number of hydrogen-bond acceptors (Lipinski definition) is 3. The average molecular weight is 311 g/mol. The molecule has 4 heteroatoms. The molecule has 2 aromatic rings. The Bertz CT molecular complexity index is 695. The second kappa shape index (κ2) is 8.03. The van der Waals surface area contributed by atoms with E-state index in [1.165, 1.54) is 0 Å². The van der Waals surface area contributed by atoms with Crippen LogP contribution in [0.4, 0.5) is 5.69 Å². The van der Waals surface area contributed by atoms with Crippen LogP contribution in [-0.2, 0) is 4.79 Å². The quantitative estimate of drug-likeness (QED) is 0.789. The van der Waals surface area contributed by atoms with Crippen LogP contribution in [0.1, 0.15) is 11.1 Å². The molecule has 23 heavy (non-hydrogen) atoms. The van der Waals surface area contributed by atoms with Gasteiger partial charge in [0.25, 0.3) is 5.91 Å². The Hall–Kier alpha value is -2.75. The maximum Gasteiger partial charge on any atom is 0.262 e. The van der Waals surface area contributed by atoms with E-state index >= 15 is 0 Å². The third-order valence-corrected chi connectivity index (χ3v) is 3.21. The first-order valence-electron chi connectivity index (χ1n) is 7.43. The standard InChI is InChI=1S/C19H21NO3/c1-4-11-22-18-8-6-5-7-16(18)20-19(21)13-23-17-10-9-14(2)12-15(17)3/h4-10,12H,1,11,13H2,2-3H3,(H,20,21). The fourth-order valence-corrected chi connectivity index (χ4v) is 2.14. The lowest BCUT2D eigenvalue weighted by Gasteiger charge is -2.13. The van der Waals surface area contributed by atoms with E-state index in [1.807, 2.05) is 44.2 Å². The van der Waals surface area contributed by atoms with Crippen molar-refractivity contribution in [1.82, 2.24) is 0 Å².